The molecule has 2 aliphatic rings. The topological polar surface area (TPSA) is 62.5 Å². The first-order valence-corrected chi connectivity index (χ1v) is 9.11. The van der Waals surface area contributed by atoms with Crippen molar-refractivity contribution >= 4 is 11.0 Å². The first kappa shape index (κ1) is 16.5. The van der Waals surface area contributed by atoms with Gasteiger partial charge in [-0.2, -0.15) is 0 Å². The Bertz CT molecular complexity index is 827. The second-order valence-electron chi connectivity index (χ2n) is 6.79. The van der Waals surface area contributed by atoms with Gasteiger partial charge in [0.25, 0.3) is 0 Å². The molecule has 1 aromatic carbocycles. The summed E-state index contributed by atoms with van der Waals surface area (Å²) in [5, 5.41) is 4.43. The Labute approximate surface area is 146 Å². The van der Waals surface area contributed by atoms with Crippen LogP contribution in [0.15, 0.2) is 12.1 Å². The number of ether oxygens (including phenoxy) is 1. The SMILES string of the molecule is COn1nc(CCCN2CCOCC2)[n+](=O)c2cc3c(cc21)CCC3. The smallest absolute Gasteiger partial charge is 0.371 e. The molecule has 0 saturated carbocycles. The lowest BCUT2D eigenvalue weighted by Crippen LogP contribution is -2.37. The van der Waals surface area contributed by atoms with Crippen LogP contribution in [0.1, 0.15) is 29.8 Å². The second kappa shape index (κ2) is 7.09. The number of rotatable bonds is 5. The Kier molecular flexibility index (Phi) is 4.67. The van der Waals surface area contributed by atoms with Gasteiger partial charge in [0.15, 0.2) is 5.52 Å². The van der Waals surface area contributed by atoms with Crippen molar-refractivity contribution in [1.29, 1.82) is 0 Å². The molecule has 0 unspecified atom stereocenters. The lowest BCUT2D eigenvalue weighted by molar-refractivity contribution is -0.481. The van der Waals surface area contributed by atoms with Gasteiger partial charge in [0, 0.05) is 22.4 Å². The third-order valence-electron chi connectivity index (χ3n) is 5.21. The van der Waals surface area contributed by atoms with Gasteiger partial charge in [0.1, 0.15) is 7.11 Å². The van der Waals surface area contributed by atoms with Crippen LogP contribution in [-0.4, -0.2) is 54.8 Å². The summed E-state index contributed by atoms with van der Waals surface area (Å²) in [5.74, 6) is 0.514. The molecule has 7 heteroatoms. The normalized spacial score (nSPS) is 17.8. The first-order valence-electron chi connectivity index (χ1n) is 9.11. The molecule has 134 valence electrons. The number of nitrogens with zero attached hydrogens (tertiary/aromatic N) is 4. The van der Waals surface area contributed by atoms with E-state index in [2.05, 4.69) is 16.1 Å². The van der Waals surface area contributed by atoms with E-state index >= 15 is 0 Å². The van der Waals surface area contributed by atoms with E-state index in [0.29, 0.717) is 17.8 Å². The summed E-state index contributed by atoms with van der Waals surface area (Å²) in [5.41, 5.74) is 3.99. The summed E-state index contributed by atoms with van der Waals surface area (Å²) >= 11 is 0. The molecule has 0 radical (unpaired) electrons. The fraction of sp³-hybridized carbons (Fsp3) is 0.611. The van der Waals surface area contributed by atoms with Gasteiger partial charge in [-0.15, -0.1) is 0 Å². The van der Waals surface area contributed by atoms with E-state index < -0.39 is 0 Å². The molecule has 1 aromatic heterocycles. The lowest BCUT2D eigenvalue weighted by Gasteiger charge is -2.26. The first-order chi connectivity index (χ1) is 12.3. The van der Waals surface area contributed by atoms with Gasteiger partial charge in [0.2, 0.25) is 5.52 Å². The number of aryl methyl sites for hydroxylation is 3. The summed E-state index contributed by atoms with van der Waals surface area (Å²) in [6.45, 7) is 4.48. The van der Waals surface area contributed by atoms with Crippen molar-refractivity contribution < 1.29 is 14.0 Å². The fourth-order valence-electron chi connectivity index (χ4n) is 3.83. The predicted octanol–water partition coefficient (Wildman–Crippen LogP) is 0.763. The summed E-state index contributed by atoms with van der Waals surface area (Å²) in [6.07, 6.45) is 4.80. The molecule has 1 aliphatic heterocycles. The zero-order chi connectivity index (χ0) is 17.2. The summed E-state index contributed by atoms with van der Waals surface area (Å²) in [7, 11) is 1.59. The minimum Gasteiger partial charge on any atom is -0.383 e. The van der Waals surface area contributed by atoms with Gasteiger partial charge < -0.3 is 9.57 Å². The number of hydrogen-bond donors (Lipinski definition) is 0. The van der Waals surface area contributed by atoms with E-state index in [1.54, 1.807) is 7.11 Å². The van der Waals surface area contributed by atoms with Crippen LogP contribution in [-0.2, 0) is 24.0 Å². The van der Waals surface area contributed by atoms with Gasteiger partial charge in [-0.1, -0.05) is 4.91 Å². The molecule has 0 bridgehead atoms. The van der Waals surface area contributed by atoms with E-state index in [-0.39, 0.29) is 0 Å². The van der Waals surface area contributed by atoms with Crippen LogP contribution >= 0.6 is 0 Å². The fourth-order valence-corrected chi connectivity index (χ4v) is 3.83. The van der Waals surface area contributed by atoms with Gasteiger partial charge in [-0.25, -0.2) is 0 Å². The molecule has 1 fully saturated rings. The molecule has 7 nitrogen and oxygen atoms in total. The molecular weight excluding hydrogens is 320 g/mol. The second-order valence-corrected chi connectivity index (χ2v) is 6.79. The highest BCUT2D eigenvalue weighted by Crippen LogP contribution is 2.25. The van der Waals surface area contributed by atoms with Crippen molar-refractivity contribution in [2.24, 2.45) is 0 Å². The standard InChI is InChI=1S/C18H25N4O3/c1-24-22-17-13-15-5-2-4-14(15)12-16(17)21(23)18(19-22)6-3-7-20-8-10-25-11-9-20/h12-13H,2-11H2,1H3/q+1. The third-order valence-corrected chi connectivity index (χ3v) is 5.21. The molecule has 2 heterocycles. The van der Waals surface area contributed by atoms with E-state index in [1.807, 2.05) is 6.07 Å². The zero-order valence-electron chi connectivity index (χ0n) is 14.7. The molecule has 4 rings (SSSR count). The van der Waals surface area contributed by atoms with Crippen LogP contribution in [0.2, 0.25) is 0 Å². The van der Waals surface area contributed by atoms with Gasteiger partial charge in [-0.05, 0) is 55.5 Å². The maximum Gasteiger partial charge on any atom is 0.371 e. The minimum atomic E-state index is 0.514. The van der Waals surface area contributed by atoms with Crippen molar-refractivity contribution in [3.05, 3.63) is 34.0 Å². The predicted molar refractivity (Wildman–Crippen MR) is 93.2 cm³/mol. The summed E-state index contributed by atoms with van der Waals surface area (Å²) < 4.78 is 6.36. The molecule has 1 aliphatic carbocycles. The van der Waals surface area contributed by atoms with Crippen LogP contribution in [0.3, 0.4) is 0 Å². The van der Waals surface area contributed by atoms with Crippen molar-refractivity contribution in [2.75, 3.05) is 40.0 Å². The highest BCUT2D eigenvalue weighted by atomic mass is 16.7. The molecular formula is C18H25N4O3+. The maximum absolute atomic E-state index is 12.8. The Hall–Kier alpha value is -1.99. The van der Waals surface area contributed by atoms with Crippen LogP contribution < -0.4 is 9.26 Å². The number of hydrogen-bond acceptors (Lipinski definition) is 5. The van der Waals surface area contributed by atoms with Crippen molar-refractivity contribution in [3.8, 4) is 0 Å². The average Bonchev–Trinajstić information content (AvgIpc) is 3.11. The summed E-state index contributed by atoms with van der Waals surface area (Å²) in [6, 6.07) is 4.08. The molecule has 0 atom stereocenters. The molecule has 0 amide bonds. The number of morpholine rings is 1. The highest BCUT2D eigenvalue weighted by Gasteiger charge is 2.23. The largest absolute Gasteiger partial charge is 0.383 e. The van der Waals surface area contributed by atoms with Gasteiger partial charge in [-0.3, -0.25) is 4.90 Å². The number of aromatic nitrogens is 3. The van der Waals surface area contributed by atoms with E-state index in [4.69, 9.17) is 9.57 Å². The van der Waals surface area contributed by atoms with Gasteiger partial charge >= 0.3 is 5.82 Å². The van der Waals surface area contributed by atoms with E-state index in [9.17, 15) is 4.91 Å². The van der Waals surface area contributed by atoms with Crippen molar-refractivity contribution in [1.82, 2.24) is 14.8 Å². The molecule has 0 spiro atoms. The quantitative estimate of drug-likeness (QED) is 0.749. The van der Waals surface area contributed by atoms with Crippen molar-refractivity contribution in [3.63, 3.8) is 0 Å². The van der Waals surface area contributed by atoms with Crippen LogP contribution in [0.4, 0.5) is 0 Å². The van der Waals surface area contributed by atoms with E-state index in [1.165, 1.54) is 16.0 Å². The van der Waals surface area contributed by atoms with E-state index in [0.717, 1.165) is 68.5 Å². The third kappa shape index (κ3) is 3.26. The zero-order valence-corrected chi connectivity index (χ0v) is 14.7. The molecule has 1 saturated heterocycles. The Balaban J connectivity index is 1.59. The average molecular weight is 345 g/mol. The minimum absolute atomic E-state index is 0.514. The Morgan fingerprint density at radius 1 is 1.24 bits per heavy atom. The van der Waals surface area contributed by atoms with Gasteiger partial charge in [0.05, 0.1) is 24.7 Å². The van der Waals surface area contributed by atoms with Crippen LogP contribution in [0, 0.1) is 4.91 Å². The van der Waals surface area contributed by atoms with Crippen molar-refractivity contribution in [2.45, 2.75) is 32.1 Å². The number of benzene rings is 1. The lowest BCUT2D eigenvalue weighted by atomic mass is 10.1. The Morgan fingerprint density at radius 3 is 2.76 bits per heavy atom. The number of fused-ring (bicyclic) bond motifs is 2. The highest BCUT2D eigenvalue weighted by molar-refractivity contribution is 5.73. The monoisotopic (exact) mass is 345 g/mol. The maximum atomic E-state index is 12.8. The Morgan fingerprint density at radius 2 is 2.00 bits per heavy atom. The molecule has 0 N–H and O–H groups in total. The van der Waals surface area contributed by atoms with Crippen LogP contribution in [0.25, 0.3) is 11.0 Å². The van der Waals surface area contributed by atoms with Crippen LogP contribution in [0.5, 0.6) is 0 Å². The molecule has 25 heavy (non-hydrogen) atoms. The summed E-state index contributed by atoms with van der Waals surface area (Å²) in [4.78, 5) is 22.1. The molecule has 2 aromatic rings.